The topological polar surface area (TPSA) is 21.3 Å². The minimum absolute atomic E-state index is 0.237. The van der Waals surface area contributed by atoms with Gasteiger partial charge in [0.05, 0.1) is 5.60 Å². The summed E-state index contributed by atoms with van der Waals surface area (Å²) >= 11 is 4.04. The van der Waals surface area contributed by atoms with Crippen molar-refractivity contribution in [2.24, 2.45) is 5.92 Å². The highest BCUT2D eigenvalue weighted by Gasteiger charge is 2.42. The molecule has 2 fully saturated rings. The third kappa shape index (κ3) is 3.81. The maximum absolute atomic E-state index is 6.14. The number of rotatable bonds is 6. The molecule has 0 radical (unpaired) electrons. The third-order valence-corrected chi connectivity index (χ3v) is 6.13. The summed E-state index contributed by atoms with van der Waals surface area (Å²) < 4.78 is 6.14. The van der Waals surface area contributed by atoms with E-state index in [9.17, 15) is 0 Å². The molecule has 0 aromatic heterocycles. The minimum atomic E-state index is 0.237. The van der Waals surface area contributed by atoms with Crippen LogP contribution in [0, 0.1) is 5.92 Å². The highest BCUT2D eigenvalue weighted by molar-refractivity contribution is 7.99. The van der Waals surface area contributed by atoms with Gasteiger partial charge >= 0.3 is 0 Å². The first-order chi connectivity index (χ1) is 8.79. The fraction of sp³-hybridized carbons (Fsp3) is 1.00. The van der Waals surface area contributed by atoms with Crippen LogP contribution in [-0.2, 0) is 4.74 Å². The van der Waals surface area contributed by atoms with Gasteiger partial charge in [0.1, 0.15) is 0 Å². The maximum Gasteiger partial charge on any atom is 0.0783 e. The van der Waals surface area contributed by atoms with Crippen LogP contribution < -0.4 is 5.32 Å². The maximum atomic E-state index is 6.14. The zero-order valence-electron chi connectivity index (χ0n) is 11.7. The molecule has 0 saturated carbocycles. The molecule has 3 unspecified atom stereocenters. The average Bonchev–Trinajstić information content (AvgIpc) is 2.82. The van der Waals surface area contributed by atoms with Crippen LogP contribution in [0.1, 0.15) is 32.6 Å². The molecule has 2 aliphatic rings. The van der Waals surface area contributed by atoms with Crippen molar-refractivity contribution in [1.29, 1.82) is 0 Å². The van der Waals surface area contributed by atoms with E-state index in [1.54, 1.807) is 0 Å². The molecule has 106 valence electrons. The molecule has 3 atom stereocenters. The lowest BCUT2D eigenvalue weighted by molar-refractivity contribution is -0.0851. The molecule has 2 saturated heterocycles. The number of nitrogens with one attached hydrogen (secondary N) is 1. The molecule has 0 bridgehead atoms. The number of hydrogen-bond donors (Lipinski definition) is 1. The van der Waals surface area contributed by atoms with Crippen molar-refractivity contribution in [3.05, 3.63) is 0 Å². The van der Waals surface area contributed by atoms with E-state index in [1.165, 1.54) is 42.9 Å². The largest absolute Gasteiger partial charge is 0.374 e. The highest BCUT2D eigenvalue weighted by atomic mass is 32.2. The molecule has 0 aromatic carbocycles. The second-order valence-corrected chi connectivity index (χ2v) is 7.62. The molecule has 4 heteroatoms. The van der Waals surface area contributed by atoms with Gasteiger partial charge in [-0.1, -0.05) is 6.92 Å². The quantitative estimate of drug-likeness (QED) is 0.811. The summed E-state index contributed by atoms with van der Waals surface area (Å²) in [6, 6.07) is 0.703. The van der Waals surface area contributed by atoms with E-state index >= 15 is 0 Å². The molecular formula is C14H27NOS2. The summed E-state index contributed by atoms with van der Waals surface area (Å²) in [4.78, 5) is 0. The zero-order valence-corrected chi connectivity index (χ0v) is 13.4. The van der Waals surface area contributed by atoms with Crippen molar-refractivity contribution in [1.82, 2.24) is 5.32 Å². The number of hydrogen-bond acceptors (Lipinski definition) is 4. The van der Waals surface area contributed by atoms with Crippen LogP contribution >= 0.6 is 23.5 Å². The Kier molecular flexibility index (Phi) is 6.19. The van der Waals surface area contributed by atoms with Crippen molar-refractivity contribution in [3.8, 4) is 0 Å². The summed E-state index contributed by atoms with van der Waals surface area (Å²) in [6.07, 6.45) is 7.32. The van der Waals surface area contributed by atoms with E-state index in [1.807, 2.05) is 11.8 Å². The first-order valence-corrected chi connectivity index (χ1v) is 9.78. The van der Waals surface area contributed by atoms with Crippen LogP contribution in [0.4, 0.5) is 0 Å². The van der Waals surface area contributed by atoms with E-state index in [2.05, 4.69) is 30.3 Å². The van der Waals surface area contributed by atoms with Crippen LogP contribution in [0.3, 0.4) is 0 Å². The molecule has 0 aromatic rings. The fourth-order valence-corrected chi connectivity index (χ4v) is 5.15. The predicted octanol–water partition coefficient (Wildman–Crippen LogP) is 3.02. The Bertz CT molecular complexity index is 244. The Morgan fingerprint density at radius 3 is 3.11 bits per heavy atom. The molecule has 2 rings (SSSR count). The van der Waals surface area contributed by atoms with Gasteiger partial charge in [-0.2, -0.15) is 23.5 Å². The molecule has 18 heavy (non-hydrogen) atoms. The smallest absolute Gasteiger partial charge is 0.0783 e. The molecule has 0 aliphatic carbocycles. The SMILES string of the molecule is CCNC(CCSC)C1CCOC2(CCSC2)C1. The van der Waals surface area contributed by atoms with Crippen LogP contribution in [0.5, 0.6) is 0 Å². The lowest BCUT2D eigenvalue weighted by atomic mass is 9.80. The molecule has 0 amide bonds. The van der Waals surface area contributed by atoms with Crippen LogP contribution in [0.15, 0.2) is 0 Å². The van der Waals surface area contributed by atoms with Gasteiger partial charge < -0.3 is 10.1 Å². The minimum Gasteiger partial charge on any atom is -0.374 e. The summed E-state index contributed by atoms with van der Waals surface area (Å²) in [5, 5.41) is 3.72. The van der Waals surface area contributed by atoms with Crippen molar-refractivity contribution in [2.75, 3.05) is 36.7 Å². The monoisotopic (exact) mass is 289 g/mol. The molecule has 2 nitrogen and oxygen atoms in total. The molecule has 2 aliphatic heterocycles. The van der Waals surface area contributed by atoms with Crippen molar-refractivity contribution in [3.63, 3.8) is 0 Å². The Morgan fingerprint density at radius 1 is 1.56 bits per heavy atom. The van der Waals surface area contributed by atoms with E-state index in [4.69, 9.17) is 4.74 Å². The lowest BCUT2D eigenvalue weighted by Gasteiger charge is -2.41. The lowest BCUT2D eigenvalue weighted by Crippen LogP contribution is -2.47. The van der Waals surface area contributed by atoms with Crippen LogP contribution in [0.2, 0.25) is 0 Å². The van der Waals surface area contributed by atoms with E-state index in [0.717, 1.165) is 19.1 Å². The van der Waals surface area contributed by atoms with Crippen molar-refractivity contribution in [2.45, 2.75) is 44.2 Å². The number of thioether (sulfide) groups is 2. The summed E-state index contributed by atoms with van der Waals surface area (Å²) in [5.74, 6) is 4.62. The second-order valence-electron chi connectivity index (χ2n) is 5.53. The summed E-state index contributed by atoms with van der Waals surface area (Å²) in [7, 11) is 0. The molecule has 2 heterocycles. The standard InChI is InChI=1S/C14H27NOS2/c1-3-15-13(5-8-17-2)12-4-7-16-14(10-12)6-9-18-11-14/h12-13,15H,3-11H2,1-2H3. The van der Waals surface area contributed by atoms with Gasteiger partial charge in [0.15, 0.2) is 0 Å². The average molecular weight is 290 g/mol. The molecule has 1 N–H and O–H groups in total. The van der Waals surface area contributed by atoms with E-state index < -0.39 is 0 Å². The zero-order chi connectivity index (χ0) is 12.8. The first kappa shape index (κ1) is 15.0. The summed E-state index contributed by atoms with van der Waals surface area (Å²) in [5.41, 5.74) is 0.237. The molecule has 1 spiro atoms. The molecular weight excluding hydrogens is 262 g/mol. The first-order valence-electron chi connectivity index (χ1n) is 7.24. The summed E-state index contributed by atoms with van der Waals surface area (Å²) in [6.45, 7) is 4.30. The van der Waals surface area contributed by atoms with Crippen LogP contribution in [-0.4, -0.2) is 48.3 Å². The number of ether oxygens (including phenoxy) is 1. The van der Waals surface area contributed by atoms with E-state index in [0.29, 0.717) is 6.04 Å². The van der Waals surface area contributed by atoms with E-state index in [-0.39, 0.29) is 5.60 Å². The Morgan fingerprint density at radius 2 is 2.44 bits per heavy atom. The van der Waals surface area contributed by atoms with Gasteiger partial charge in [-0.25, -0.2) is 0 Å². The second kappa shape index (κ2) is 7.41. The van der Waals surface area contributed by atoms with Gasteiger partial charge in [0.25, 0.3) is 0 Å². The van der Waals surface area contributed by atoms with Gasteiger partial charge in [0.2, 0.25) is 0 Å². The fourth-order valence-electron chi connectivity index (χ4n) is 3.28. The Hall–Kier alpha value is 0.620. The normalized spacial score (nSPS) is 34.0. The van der Waals surface area contributed by atoms with Gasteiger partial charge in [-0.05, 0) is 55.9 Å². The van der Waals surface area contributed by atoms with Gasteiger partial charge in [-0.3, -0.25) is 0 Å². The van der Waals surface area contributed by atoms with Crippen molar-refractivity contribution >= 4 is 23.5 Å². The van der Waals surface area contributed by atoms with Crippen LogP contribution in [0.25, 0.3) is 0 Å². The van der Waals surface area contributed by atoms with Gasteiger partial charge in [0, 0.05) is 18.4 Å². The Balaban J connectivity index is 1.91. The highest BCUT2D eigenvalue weighted by Crippen LogP contribution is 2.41. The Labute approximate surface area is 120 Å². The van der Waals surface area contributed by atoms with Gasteiger partial charge in [-0.15, -0.1) is 0 Å². The van der Waals surface area contributed by atoms with Crippen molar-refractivity contribution < 1.29 is 4.74 Å². The third-order valence-electron chi connectivity index (χ3n) is 4.27. The predicted molar refractivity (Wildman–Crippen MR) is 83.8 cm³/mol.